The molecule has 2 aromatic rings. The Labute approximate surface area is 278 Å². The molecule has 6 rings (SSSR count). The number of amides is 1. The molecule has 1 saturated carbocycles. The number of nitrogens with zero attached hydrogens (tertiary/aromatic N) is 1. The molecular formula is C36H47ClN2O6S. The van der Waals surface area contributed by atoms with Crippen molar-refractivity contribution in [3.8, 4) is 5.75 Å². The first-order chi connectivity index (χ1) is 21.7. The highest BCUT2D eigenvalue weighted by Gasteiger charge is 2.55. The Kier molecular flexibility index (Phi) is 8.79. The van der Waals surface area contributed by atoms with Crippen LogP contribution in [0.4, 0.5) is 5.69 Å². The quantitative estimate of drug-likeness (QED) is 0.376. The number of carbonyl (C=O) groups is 1. The molecule has 0 saturated heterocycles. The highest BCUT2D eigenvalue weighted by molar-refractivity contribution is 7.90. The van der Waals surface area contributed by atoms with Gasteiger partial charge in [0.15, 0.2) is 0 Å². The molecule has 46 heavy (non-hydrogen) atoms. The minimum absolute atomic E-state index is 0.0191. The summed E-state index contributed by atoms with van der Waals surface area (Å²) in [6.45, 7) is 8.87. The lowest BCUT2D eigenvalue weighted by molar-refractivity contribution is -0.181. The third kappa shape index (κ3) is 5.75. The number of allylic oxidation sites excluding steroid dienone is 1. The van der Waals surface area contributed by atoms with Gasteiger partial charge in [0.2, 0.25) is 10.0 Å². The van der Waals surface area contributed by atoms with Gasteiger partial charge in [-0.25, -0.2) is 13.1 Å². The molecule has 10 heteroatoms. The summed E-state index contributed by atoms with van der Waals surface area (Å²) in [6, 6.07) is 11.4. The van der Waals surface area contributed by atoms with Gasteiger partial charge in [0, 0.05) is 36.2 Å². The predicted molar refractivity (Wildman–Crippen MR) is 181 cm³/mol. The Balaban J connectivity index is 1.48. The number of sulfonamides is 1. The van der Waals surface area contributed by atoms with E-state index in [4.69, 9.17) is 21.1 Å². The Morgan fingerprint density at radius 2 is 1.93 bits per heavy atom. The van der Waals surface area contributed by atoms with Crippen molar-refractivity contribution in [2.45, 2.75) is 88.1 Å². The number of aryl methyl sites for hydroxylation is 1. The number of hydrogen-bond acceptors (Lipinski definition) is 7. The average Bonchev–Trinajstić information content (AvgIpc) is 3.13. The first-order valence-electron chi connectivity index (χ1n) is 16.5. The highest BCUT2D eigenvalue weighted by atomic mass is 35.5. The topological polar surface area (TPSA) is 105 Å². The molecule has 0 radical (unpaired) electrons. The minimum atomic E-state index is -3.98. The normalized spacial score (nSPS) is 33.5. The Morgan fingerprint density at radius 1 is 1.15 bits per heavy atom. The number of carbonyl (C=O) groups excluding carboxylic acids is 1. The van der Waals surface area contributed by atoms with Gasteiger partial charge in [-0.2, -0.15) is 0 Å². The number of aliphatic hydroxyl groups is 1. The summed E-state index contributed by atoms with van der Waals surface area (Å²) in [4.78, 5) is 15.8. The Bertz CT molecular complexity index is 1640. The van der Waals surface area contributed by atoms with E-state index >= 15 is 0 Å². The van der Waals surface area contributed by atoms with Crippen molar-refractivity contribution in [1.82, 2.24) is 4.72 Å². The first kappa shape index (κ1) is 33.3. The summed E-state index contributed by atoms with van der Waals surface area (Å²) in [7, 11) is -2.32. The number of benzene rings is 2. The molecule has 2 aromatic carbocycles. The van der Waals surface area contributed by atoms with E-state index in [-0.39, 0.29) is 28.7 Å². The number of fused-ring (bicyclic) bond motifs is 4. The maximum absolute atomic E-state index is 13.5. The second-order valence-electron chi connectivity index (χ2n) is 14.6. The lowest BCUT2D eigenvalue weighted by atomic mass is 9.59. The summed E-state index contributed by atoms with van der Waals surface area (Å²) in [5.41, 5.74) is 1.05. The van der Waals surface area contributed by atoms with Gasteiger partial charge in [-0.05, 0) is 119 Å². The molecule has 2 aliphatic heterocycles. The molecule has 1 fully saturated rings. The van der Waals surface area contributed by atoms with Crippen molar-refractivity contribution >= 4 is 33.2 Å². The number of rotatable bonds is 2. The van der Waals surface area contributed by atoms with Crippen LogP contribution in [0.2, 0.25) is 5.02 Å². The number of methoxy groups -OCH3 is 1. The van der Waals surface area contributed by atoms with E-state index in [0.717, 1.165) is 42.8 Å². The zero-order chi connectivity index (χ0) is 33.1. The van der Waals surface area contributed by atoms with Crippen LogP contribution in [0.5, 0.6) is 5.75 Å². The third-order valence-corrected chi connectivity index (χ3v) is 13.6. The maximum Gasteiger partial charge on any atom is 0.264 e. The Morgan fingerprint density at radius 3 is 2.63 bits per heavy atom. The van der Waals surface area contributed by atoms with Gasteiger partial charge in [0.25, 0.3) is 5.91 Å². The van der Waals surface area contributed by atoms with Crippen LogP contribution in [0.15, 0.2) is 48.6 Å². The maximum atomic E-state index is 13.5. The van der Waals surface area contributed by atoms with Crippen LogP contribution in [-0.4, -0.2) is 62.7 Å². The van der Waals surface area contributed by atoms with Gasteiger partial charge in [-0.3, -0.25) is 4.79 Å². The molecule has 0 aromatic heterocycles. The largest absolute Gasteiger partial charge is 0.490 e. The standard InChI is InChI=1S/C36H47ClN2O6S/c1-23-8-6-17-36(44-5,34(3,4)41)30-13-10-27(30)20-39-21-35(16-7-9-25-18-28(37)12-14-29(25)35)22-45-32-15-11-26(19-31(32)39)33(40)38-46(42,43)24(23)2/h6,11-12,14-15,17-19,23-24,27,30,41H,7-10,13,16,20-22H2,1-5H3,(H,38,40)/b17-6+/t23-,24+,27-,30+,35-,36-/m0/s1. The van der Waals surface area contributed by atoms with E-state index in [1.807, 2.05) is 25.1 Å². The molecule has 2 heterocycles. The molecule has 2 aliphatic carbocycles. The van der Waals surface area contributed by atoms with Gasteiger partial charge >= 0.3 is 0 Å². The molecule has 1 amide bonds. The van der Waals surface area contributed by atoms with E-state index < -0.39 is 32.4 Å². The van der Waals surface area contributed by atoms with Crippen LogP contribution >= 0.6 is 11.6 Å². The third-order valence-electron chi connectivity index (χ3n) is 11.4. The zero-order valence-corrected chi connectivity index (χ0v) is 29.1. The second kappa shape index (κ2) is 12.1. The number of hydrogen-bond donors (Lipinski definition) is 2. The van der Waals surface area contributed by atoms with Crippen LogP contribution in [0.3, 0.4) is 0 Å². The molecule has 2 bridgehead atoms. The monoisotopic (exact) mass is 670 g/mol. The van der Waals surface area contributed by atoms with Gasteiger partial charge in [-0.15, -0.1) is 0 Å². The molecular weight excluding hydrogens is 624 g/mol. The van der Waals surface area contributed by atoms with Crippen LogP contribution in [0.25, 0.3) is 0 Å². The molecule has 6 atom stereocenters. The van der Waals surface area contributed by atoms with Crippen molar-refractivity contribution in [2.24, 2.45) is 17.8 Å². The molecule has 4 aliphatic rings. The lowest BCUT2D eigenvalue weighted by Crippen LogP contribution is -2.61. The average molecular weight is 671 g/mol. The van der Waals surface area contributed by atoms with Crippen molar-refractivity contribution in [3.05, 3.63) is 70.3 Å². The highest BCUT2D eigenvalue weighted by Crippen LogP contribution is 2.51. The van der Waals surface area contributed by atoms with Gasteiger partial charge in [0.1, 0.15) is 11.4 Å². The van der Waals surface area contributed by atoms with Crippen LogP contribution in [0.1, 0.15) is 81.3 Å². The SMILES string of the molecule is CO[C@@]1(C(C)(C)O)/C=C/C[C@H](C)[C@@H](C)S(=O)(=O)NC(=O)c2ccc3c(c2)N(C[C@@H]2CC[C@H]21)C[C@@]1(CCCc2cc(Cl)ccc21)CO3. The number of halogens is 1. The molecule has 250 valence electrons. The van der Waals surface area contributed by atoms with Crippen LogP contribution < -0.4 is 14.4 Å². The van der Waals surface area contributed by atoms with E-state index in [9.17, 15) is 18.3 Å². The fraction of sp³-hybridized carbons (Fsp3) is 0.583. The van der Waals surface area contributed by atoms with E-state index in [1.165, 1.54) is 11.1 Å². The van der Waals surface area contributed by atoms with Gasteiger partial charge < -0.3 is 19.5 Å². The predicted octanol–water partition coefficient (Wildman–Crippen LogP) is 6.04. The Hall–Kier alpha value is -2.59. The summed E-state index contributed by atoms with van der Waals surface area (Å²) in [6.07, 6.45) is 9.12. The zero-order valence-electron chi connectivity index (χ0n) is 27.5. The van der Waals surface area contributed by atoms with Crippen molar-refractivity contribution in [1.29, 1.82) is 0 Å². The summed E-state index contributed by atoms with van der Waals surface area (Å²) < 4.78 is 42.0. The minimum Gasteiger partial charge on any atom is -0.490 e. The van der Waals surface area contributed by atoms with Gasteiger partial charge in [-0.1, -0.05) is 36.7 Å². The van der Waals surface area contributed by atoms with Crippen molar-refractivity contribution in [2.75, 3.05) is 31.7 Å². The smallest absolute Gasteiger partial charge is 0.264 e. The van der Waals surface area contributed by atoms with Gasteiger partial charge in [0.05, 0.1) is 23.1 Å². The lowest BCUT2D eigenvalue weighted by Gasteiger charge is -2.54. The van der Waals surface area contributed by atoms with Crippen molar-refractivity contribution < 1.29 is 27.8 Å². The number of nitrogens with one attached hydrogen (secondary N) is 1. The summed E-state index contributed by atoms with van der Waals surface area (Å²) in [5, 5.41) is 11.5. The fourth-order valence-electron chi connectivity index (χ4n) is 8.38. The van der Waals surface area contributed by atoms with Crippen molar-refractivity contribution in [3.63, 3.8) is 0 Å². The molecule has 8 nitrogen and oxygen atoms in total. The fourth-order valence-corrected chi connectivity index (χ4v) is 9.86. The summed E-state index contributed by atoms with van der Waals surface area (Å²) >= 11 is 6.43. The first-order valence-corrected chi connectivity index (χ1v) is 18.4. The van der Waals surface area contributed by atoms with E-state index in [2.05, 4.69) is 21.8 Å². The molecule has 1 spiro atoms. The number of ether oxygens (including phenoxy) is 2. The van der Waals surface area contributed by atoms with Crippen LogP contribution in [0, 0.1) is 17.8 Å². The van der Waals surface area contributed by atoms with E-state index in [1.54, 1.807) is 46.1 Å². The summed E-state index contributed by atoms with van der Waals surface area (Å²) in [5.74, 6) is -0.0665. The van der Waals surface area contributed by atoms with Crippen LogP contribution in [-0.2, 0) is 26.6 Å². The second-order valence-corrected chi connectivity index (χ2v) is 17.1. The molecule has 2 N–H and O–H groups in total. The molecule has 0 unspecified atom stereocenters. The van der Waals surface area contributed by atoms with E-state index in [0.29, 0.717) is 31.9 Å². The number of anilines is 1.